The summed E-state index contributed by atoms with van der Waals surface area (Å²) in [5, 5.41) is 10.0. The quantitative estimate of drug-likeness (QED) is 0.0367. The van der Waals surface area contributed by atoms with Gasteiger partial charge in [-0.3, -0.25) is 14.4 Å². The molecule has 9 N–H and O–H groups in total. The van der Waals surface area contributed by atoms with Crippen LogP contribution in [0.5, 0.6) is 0 Å². The maximum absolute atomic E-state index is 14.1. The molecular formula is C63H93F7N14O3. The normalized spacial score (nSPS) is 17.4. The maximum atomic E-state index is 14.1. The number of hydrogen-bond donors (Lipinski definition) is 6. The van der Waals surface area contributed by atoms with E-state index in [1.807, 2.05) is 14.7 Å². The number of benzene rings is 1. The van der Waals surface area contributed by atoms with Crippen LogP contribution in [0.3, 0.4) is 0 Å². The molecule has 0 saturated carbocycles. The van der Waals surface area contributed by atoms with Crippen LogP contribution < -0.4 is 47.9 Å². The van der Waals surface area contributed by atoms with Gasteiger partial charge >= 0.3 is 6.18 Å². The van der Waals surface area contributed by atoms with Gasteiger partial charge in [-0.05, 0) is 132 Å². The molecule has 9 rings (SSSR count). The lowest BCUT2D eigenvalue weighted by molar-refractivity contribution is -0.137. The van der Waals surface area contributed by atoms with Crippen molar-refractivity contribution in [1.82, 2.24) is 40.9 Å². The van der Waals surface area contributed by atoms with Gasteiger partial charge in [0.1, 0.15) is 63.5 Å². The van der Waals surface area contributed by atoms with Crippen LogP contribution in [0.25, 0.3) is 11.7 Å². The molecule has 3 fully saturated rings. The SMILES string of the molecule is C=C(F)c1ccc(N2CCN[C@@H](CC(C)(C)F)C2)nc1C(=O)c1cccnc1N.C=C(F)c1ccc(N2CCN[C@H](CC(C)(C)F)C2)nc1C(=O)c1cccnc1N.CC(C)C[C@H]1CN(c2ccc(C(F)(F)F)c(C(=O)c3cccnc3N)c2)CCN1.[HH].[HH].[HH].[HH].[HH].[HH].[HH].[HH].[HH]. The molecule has 87 heavy (non-hydrogen) atoms. The van der Waals surface area contributed by atoms with Gasteiger partial charge in [0, 0.05) is 131 Å². The third kappa shape index (κ3) is 17.9. The smallest absolute Gasteiger partial charge is 0.383 e. The summed E-state index contributed by atoms with van der Waals surface area (Å²) in [6, 6.07) is 19.2. The van der Waals surface area contributed by atoms with Crippen LogP contribution in [0, 0.1) is 5.92 Å². The number of nitrogens with one attached hydrogen (secondary N) is 3. The first-order valence-electron chi connectivity index (χ1n) is 28.5. The number of nitrogen functional groups attached to an aromatic ring is 3. The second-order valence-electron chi connectivity index (χ2n) is 23.2. The number of rotatable bonds is 17. The first kappa shape index (κ1) is 66.2. The molecule has 17 nitrogen and oxygen atoms in total. The van der Waals surface area contributed by atoms with Crippen molar-refractivity contribution in [3.63, 3.8) is 0 Å². The Bertz CT molecular complexity index is 3330. The molecule has 24 heteroatoms. The molecule has 1 aromatic carbocycles. The number of aromatic nitrogens is 5. The summed E-state index contributed by atoms with van der Waals surface area (Å²) < 4.78 is 96.8. The third-order valence-corrected chi connectivity index (χ3v) is 14.6. The van der Waals surface area contributed by atoms with E-state index in [1.54, 1.807) is 52.0 Å². The van der Waals surface area contributed by atoms with E-state index in [1.165, 1.54) is 67.1 Å². The molecule has 0 spiro atoms. The topological polar surface area (TPSA) is 240 Å². The lowest BCUT2D eigenvalue weighted by Gasteiger charge is -2.36. The van der Waals surface area contributed by atoms with Crippen molar-refractivity contribution >= 4 is 63.8 Å². The molecule has 3 aliphatic rings. The number of nitrogens with zero attached hydrogens (tertiary/aromatic N) is 8. The fraction of sp³-hybridized carbons (Fsp3) is 0.397. The number of anilines is 6. The van der Waals surface area contributed by atoms with Gasteiger partial charge in [0.05, 0.1) is 22.3 Å². The molecule has 0 amide bonds. The molecule has 482 valence electrons. The van der Waals surface area contributed by atoms with Gasteiger partial charge in [0.25, 0.3) is 0 Å². The predicted molar refractivity (Wildman–Crippen MR) is 347 cm³/mol. The van der Waals surface area contributed by atoms with Crippen molar-refractivity contribution < 1.29 is 58.0 Å². The average Bonchev–Trinajstić information content (AvgIpc) is 0.805. The number of piperazine rings is 3. The Balaban J connectivity index is -0.00000129. The van der Waals surface area contributed by atoms with E-state index in [4.69, 9.17) is 17.2 Å². The van der Waals surface area contributed by atoms with Gasteiger partial charge < -0.3 is 47.9 Å². The Kier molecular flexibility index (Phi) is 21.6. The highest BCUT2D eigenvalue weighted by molar-refractivity contribution is 6.14. The van der Waals surface area contributed by atoms with Crippen LogP contribution in [-0.4, -0.2) is 131 Å². The number of ketones is 3. The van der Waals surface area contributed by atoms with Crippen LogP contribution >= 0.6 is 0 Å². The predicted octanol–water partition coefficient (Wildman–Crippen LogP) is 12.2. The van der Waals surface area contributed by atoms with E-state index in [0.717, 1.165) is 19.0 Å². The van der Waals surface area contributed by atoms with E-state index >= 15 is 0 Å². The molecule has 0 unspecified atom stereocenters. The standard InChI is InChI=1S/C21H25F3N4O.2C21H25F2N5O.9H2/c1-13(2)10-14-12-28(9-8-26-14)15-5-6-18(21(22,23)24)17(11-15)19(29)16-4-3-7-27-20(16)25;2*1-13(22)15-6-7-17(28-10-9-25-14(12-28)11-21(2,3)23)27-18(15)19(29)16-5-4-8-26-20(16)24;;;;;;;;;/h3-7,11,13-14,26H,8-10,12H2,1-2H3,(H2,25,27);2*4-8,14,25H,1,9-12H2,2-3H3,(H2,24,26);9*1H/t3*14-;;;;;;;;;/m010........./s1. The number of carbonyl (C=O) groups excluding carboxylic acids is 3. The van der Waals surface area contributed by atoms with E-state index < -0.39 is 57.6 Å². The summed E-state index contributed by atoms with van der Waals surface area (Å²) in [5.41, 5.74) is 14.1. The number of nitrogens with two attached hydrogens (primary N) is 3. The van der Waals surface area contributed by atoms with Gasteiger partial charge in [-0.1, -0.05) is 27.0 Å². The van der Waals surface area contributed by atoms with Gasteiger partial charge in [-0.15, -0.1) is 0 Å². The fourth-order valence-electron chi connectivity index (χ4n) is 10.7. The number of pyridine rings is 5. The maximum Gasteiger partial charge on any atom is 0.417 e. The van der Waals surface area contributed by atoms with E-state index in [9.17, 15) is 45.1 Å². The second kappa shape index (κ2) is 28.4. The van der Waals surface area contributed by atoms with Crippen LogP contribution in [0.15, 0.2) is 111 Å². The van der Waals surface area contributed by atoms with Crippen LogP contribution in [0.4, 0.5) is 65.5 Å². The minimum atomic E-state index is -4.65. The summed E-state index contributed by atoms with van der Waals surface area (Å²) >= 11 is 0. The zero-order valence-electron chi connectivity index (χ0n) is 49.6. The molecule has 6 aromatic rings. The van der Waals surface area contributed by atoms with Gasteiger partial charge in [-0.25, -0.2) is 42.5 Å². The summed E-state index contributed by atoms with van der Waals surface area (Å²) in [6.45, 7) is 22.7. The van der Waals surface area contributed by atoms with Gasteiger partial charge in [-0.2, -0.15) is 13.2 Å². The number of halogens is 7. The third-order valence-electron chi connectivity index (χ3n) is 14.6. The van der Waals surface area contributed by atoms with Gasteiger partial charge in [0.2, 0.25) is 11.6 Å². The highest BCUT2D eigenvalue weighted by Gasteiger charge is 2.37. The van der Waals surface area contributed by atoms with E-state index in [2.05, 4.69) is 67.9 Å². The Hall–Kier alpha value is -8.35. The Labute approximate surface area is 515 Å². The number of hydrogen-bond acceptors (Lipinski definition) is 17. The van der Waals surface area contributed by atoms with E-state index in [0.29, 0.717) is 88.4 Å². The van der Waals surface area contributed by atoms with Crippen molar-refractivity contribution in [3.05, 3.63) is 161 Å². The van der Waals surface area contributed by atoms with Gasteiger partial charge in [0.15, 0.2) is 5.78 Å². The Morgan fingerprint density at radius 2 is 0.954 bits per heavy atom. The minimum absolute atomic E-state index is 0. The van der Waals surface area contributed by atoms with E-state index in [-0.39, 0.29) is 87.6 Å². The first-order valence-corrected chi connectivity index (χ1v) is 28.5. The van der Waals surface area contributed by atoms with Crippen molar-refractivity contribution in [1.29, 1.82) is 0 Å². The molecule has 0 aliphatic carbocycles. The fourth-order valence-corrected chi connectivity index (χ4v) is 10.7. The highest BCUT2D eigenvalue weighted by atomic mass is 19.4. The van der Waals surface area contributed by atoms with Crippen LogP contribution in [-0.2, 0) is 6.18 Å². The molecule has 8 heterocycles. The molecule has 5 aromatic heterocycles. The average molecular weight is 1230 g/mol. The monoisotopic (exact) mass is 1230 g/mol. The summed E-state index contributed by atoms with van der Waals surface area (Å²) in [4.78, 5) is 65.4. The number of carbonyl (C=O) groups is 3. The van der Waals surface area contributed by atoms with Crippen molar-refractivity contribution in [2.45, 2.75) is 96.4 Å². The first-order chi connectivity index (χ1) is 41.0. The molecule has 0 bridgehead atoms. The molecule has 3 aliphatic heterocycles. The lowest BCUT2D eigenvalue weighted by atomic mass is 9.96. The second-order valence-corrected chi connectivity index (χ2v) is 23.2. The van der Waals surface area contributed by atoms with Crippen LogP contribution in [0.2, 0.25) is 0 Å². The summed E-state index contributed by atoms with van der Waals surface area (Å²) in [7, 11) is 0. The Morgan fingerprint density at radius 1 is 0.563 bits per heavy atom. The van der Waals surface area contributed by atoms with Crippen LogP contribution in [0.1, 0.15) is 138 Å². The molecule has 0 radical (unpaired) electrons. The van der Waals surface area contributed by atoms with Crippen molar-refractivity contribution in [2.24, 2.45) is 5.92 Å². The molecule has 3 atom stereocenters. The zero-order chi connectivity index (χ0) is 63.5. The zero-order valence-corrected chi connectivity index (χ0v) is 49.6. The largest absolute Gasteiger partial charge is 0.417 e. The lowest BCUT2D eigenvalue weighted by Crippen LogP contribution is -2.52. The molecule has 3 saturated heterocycles. The molecular weight excluding hydrogens is 1130 g/mol. The summed E-state index contributed by atoms with van der Waals surface area (Å²) in [6.07, 6.45) is 1.35. The minimum Gasteiger partial charge on any atom is -0.383 e. The Morgan fingerprint density at radius 3 is 1.33 bits per heavy atom. The van der Waals surface area contributed by atoms with Crippen molar-refractivity contribution in [2.75, 3.05) is 90.8 Å². The number of alkyl halides is 5. The highest BCUT2D eigenvalue weighted by Crippen LogP contribution is 2.37. The summed E-state index contributed by atoms with van der Waals surface area (Å²) in [5.74, 6) is -1.79. The van der Waals surface area contributed by atoms with Crippen molar-refractivity contribution in [3.8, 4) is 0 Å².